The summed E-state index contributed by atoms with van der Waals surface area (Å²) in [6.07, 6.45) is 3.82. The van der Waals surface area contributed by atoms with Crippen molar-refractivity contribution in [3.63, 3.8) is 0 Å². The molecule has 2 N–H and O–H groups in total. The number of hydrogen-bond acceptors (Lipinski definition) is 4. The zero-order valence-corrected chi connectivity index (χ0v) is 17.6. The Hall–Kier alpha value is -3.23. The molecule has 1 fully saturated rings. The van der Waals surface area contributed by atoms with Gasteiger partial charge in [-0.1, -0.05) is 6.07 Å². The van der Waals surface area contributed by atoms with Crippen LogP contribution >= 0.6 is 12.2 Å². The van der Waals surface area contributed by atoms with E-state index in [1.807, 2.05) is 61.8 Å². The first-order valence-electron chi connectivity index (χ1n) is 9.59. The predicted octanol–water partition coefficient (Wildman–Crippen LogP) is 3.18. The van der Waals surface area contributed by atoms with E-state index in [9.17, 15) is 4.79 Å². The van der Waals surface area contributed by atoms with Crippen molar-refractivity contribution in [3.05, 3.63) is 78.4 Å². The number of nitrogens with one attached hydrogen (secondary N) is 2. The molecular weight excluding hydrogens is 398 g/mol. The summed E-state index contributed by atoms with van der Waals surface area (Å²) in [7, 11) is 3.52. The molecule has 0 saturated carbocycles. The number of rotatable bonds is 6. The molecule has 1 saturated heterocycles. The minimum atomic E-state index is -0.194. The van der Waals surface area contributed by atoms with Gasteiger partial charge < -0.3 is 24.8 Å². The van der Waals surface area contributed by atoms with Crippen molar-refractivity contribution in [3.8, 4) is 0 Å². The molecule has 0 radical (unpaired) electrons. The van der Waals surface area contributed by atoms with E-state index in [1.165, 1.54) is 7.11 Å². The number of amides is 1. The van der Waals surface area contributed by atoms with E-state index in [0.717, 1.165) is 17.1 Å². The molecule has 154 valence electrons. The van der Waals surface area contributed by atoms with E-state index in [2.05, 4.69) is 31.2 Å². The first kappa shape index (κ1) is 20.1. The molecule has 1 aliphatic rings. The van der Waals surface area contributed by atoms with E-state index in [4.69, 9.17) is 17.0 Å². The van der Waals surface area contributed by atoms with Gasteiger partial charge in [0, 0.05) is 43.6 Å². The second-order valence-electron chi connectivity index (χ2n) is 7.07. The average molecular weight is 422 g/mol. The van der Waals surface area contributed by atoms with Gasteiger partial charge >= 0.3 is 0 Å². The highest BCUT2D eigenvalue weighted by atomic mass is 32.1. The minimum Gasteiger partial charge on any atom is -0.375 e. The Balaban J connectivity index is 1.68. The number of thiocarbonyl (C=S) groups is 1. The highest BCUT2D eigenvalue weighted by Gasteiger charge is 2.41. The lowest BCUT2D eigenvalue weighted by atomic mass is 10.0. The molecule has 3 heterocycles. The normalized spacial score (nSPS) is 18.3. The molecule has 0 aliphatic carbocycles. The van der Waals surface area contributed by atoms with Crippen molar-refractivity contribution in [2.45, 2.75) is 12.1 Å². The minimum absolute atomic E-state index is 0.0171. The predicted molar refractivity (Wildman–Crippen MR) is 120 cm³/mol. The number of aryl methyl sites for hydroxylation is 1. The average Bonchev–Trinajstić information content (AvgIpc) is 3.32. The zero-order valence-electron chi connectivity index (χ0n) is 16.8. The molecule has 3 aromatic rings. The molecule has 4 rings (SSSR count). The Morgan fingerprint density at radius 1 is 1.20 bits per heavy atom. The number of hydrogen-bond donors (Lipinski definition) is 2. The van der Waals surface area contributed by atoms with Crippen molar-refractivity contribution in [1.29, 1.82) is 0 Å². The third kappa shape index (κ3) is 3.92. The highest BCUT2D eigenvalue weighted by Crippen LogP contribution is 2.41. The Morgan fingerprint density at radius 3 is 2.63 bits per heavy atom. The Morgan fingerprint density at radius 2 is 2.00 bits per heavy atom. The lowest BCUT2D eigenvalue weighted by Crippen LogP contribution is -2.30. The zero-order chi connectivity index (χ0) is 21.1. The van der Waals surface area contributed by atoms with Crippen LogP contribution in [0.5, 0.6) is 0 Å². The lowest BCUT2D eigenvalue weighted by Gasteiger charge is -2.28. The maximum Gasteiger partial charge on any atom is 0.250 e. The molecule has 0 bridgehead atoms. The second-order valence-corrected chi connectivity index (χ2v) is 7.46. The number of carbonyl (C=O) groups excluding carboxylic acids is 1. The molecule has 2 atom stereocenters. The summed E-state index contributed by atoms with van der Waals surface area (Å²) in [4.78, 5) is 18.4. The largest absolute Gasteiger partial charge is 0.375 e. The van der Waals surface area contributed by atoms with Gasteiger partial charge in [0.2, 0.25) is 5.91 Å². The summed E-state index contributed by atoms with van der Waals surface area (Å²) in [6.45, 7) is 0.0171. The number of nitrogens with zero attached hydrogens (tertiary/aromatic N) is 3. The maximum absolute atomic E-state index is 11.8. The number of benzene rings is 1. The molecule has 7 nitrogen and oxygen atoms in total. The van der Waals surface area contributed by atoms with Gasteiger partial charge in [-0.05, 0) is 60.7 Å². The summed E-state index contributed by atoms with van der Waals surface area (Å²) in [5.41, 5.74) is 3.69. The fourth-order valence-corrected chi connectivity index (χ4v) is 4.09. The Labute approximate surface area is 180 Å². The summed E-state index contributed by atoms with van der Waals surface area (Å²) in [6, 6.07) is 17.5. The molecule has 2 aromatic heterocycles. The fourth-order valence-electron chi connectivity index (χ4n) is 3.75. The quantitative estimate of drug-likeness (QED) is 0.596. The first-order chi connectivity index (χ1) is 14.6. The molecule has 1 aromatic carbocycles. The van der Waals surface area contributed by atoms with Crippen LogP contribution in [0.4, 0.5) is 11.4 Å². The molecule has 1 aliphatic heterocycles. The topological polar surface area (TPSA) is 71.4 Å². The van der Waals surface area contributed by atoms with Crippen LogP contribution in [-0.4, -0.2) is 34.3 Å². The monoisotopic (exact) mass is 421 g/mol. The van der Waals surface area contributed by atoms with E-state index in [-0.39, 0.29) is 24.6 Å². The SMILES string of the molecule is COCC(=O)Nc1ccc(N2C(=S)N[C@H](c3ccccn3)[C@H]2c2cccn2C)cc1. The van der Waals surface area contributed by atoms with Gasteiger partial charge in [0.25, 0.3) is 0 Å². The van der Waals surface area contributed by atoms with Gasteiger partial charge in [-0.15, -0.1) is 0 Å². The number of aromatic nitrogens is 2. The van der Waals surface area contributed by atoms with Crippen molar-refractivity contribution >= 4 is 34.6 Å². The van der Waals surface area contributed by atoms with Crippen LogP contribution in [-0.2, 0) is 16.6 Å². The van der Waals surface area contributed by atoms with Crippen LogP contribution in [0.3, 0.4) is 0 Å². The summed E-state index contributed by atoms with van der Waals surface area (Å²) < 4.78 is 6.96. The maximum atomic E-state index is 11.8. The second kappa shape index (κ2) is 8.64. The number of anilines is 2. The van der Waals surface area contributed by atoms with Crippen LogP contribution in [0, 0.1) is 0 Å². The van der Waals surface area contributed by atoms with Crippen molar-refractivity contribution < 1.29 is 9.53 Å². The Bertz CT molecular complexity index is 1040. The molecule has 0 unspecified atom stereocenters. The van der Waals surface area contributed by atoms with Gasteiger partial charge in [0.1, 0.15) is 12.6 Å². The van der Waals surface area contributed by atoms with Crippen LogP contribution in [0.25, 0.3) is 0 Å². The molecule has 0 spiro atoms. The highest BCUT2D eigenvalue weighted by molar-refractivity contribution is 7.80. The van der Waals surface area contributed by atoms with E-state index in [0.29, 0.717) is 10.8 Å². The molecule has 30 heavy (non-hydrogen) atoms. The van der Waals surface area contributed by atoms with E-state index >= 15 is 0 Å². The first-order valence-corrected chi connectivity index (χ1v) is 10.00. The van der Waals surface area contributed by atoms with Gasteiger partial charge in [0.05, 0.1) is 11.7 Å². The van der Waals surface area contributed by atoms with Crippen molar-refractivity contribution in [2.75, 3.05) is 23.9 Å². The Kier molecular flexibility index (Phi) is 5.78. The fraction of sp³-hybridized carbons (Fsp3) is 0.227. The molecule has 8 heteroatoms. The van der Waals surface area contributed by atoms with Crippen molar-refractivity contribution in [2.24, 2.45) is 7.05 Å². The van der Waals surface area contributed by atoms with Crippen molar-refractivity contribution in [1.82, 2.24) is 14.9 Å². The summed E-state index contributed by atoms with van der Waals surface area (Å²) >= 11 is 5.72. The van der Waals surface area contributed by atoms with Gasteiger partial charge in [-0.3, -0.25) is 9.78 Å². The number of methoxy groups -OCH3 is 1. The van der Waals surface area contributed by atoms with E-state index in [1.54, 1.807) is 6.20 Å². The van der Waals surface area contributed by atoms with Crippen LogP contribution < -0.4 is 15.5 Å². The third-order valence-electron chi connectivity index (χ3n) is 5.09. The molecule has 1 amide bonds. The lowest BCUT2D eigenvalue weighted by molar-refractivity contribution is -0.119. The van der Waals surface area contributed by atoms with Gasteiger partial charge in [-0.25, -0.2) is 0 Å². The summed E-state index contributed by atoms with van der Waals surface area (Å²) in [5.74, 6) is -0.194. The van der Waals surface area contributed by atoms with Gasteiger partial charge in [0.15, 0.2) is 5.11 Å². The number of carbonyl (C=O) groups is 1. The third-order valence-corrected chi connectivity index (χ3v) is 5.40. The molecular formula is C22H23N5O2S. The van der Waals surface area contributed by atoms with Gasteiger partial charge in [-0.2, -0.15) is 0 Å². The van der Waals surface area contributed by atoms with Crippen LogP contribution in [0.15, 0.2) is 67.0 Å². The standard InChI is InChI=1S/C22H23N5O2S/c1-26-13-5-7-18(26)21-20(17-6-3-4-12-23-17)25-22(30)27(21)16-10-8-15(9-11-16)24-19(28)14-29-2/h3-13,20-21H,14H2,1-2H3,(H,24,28)(H,25,30)/t20-,21-/m1/s1. The van der Waals surface area contributed by atoms with Crippen LogP contribution in [0.2, 0.25) is 0 Å². The van der Waals surface area contributed by atoms with E-state index < -0.39 is 0 Å². The number of ether oxygens (including phenoxy) is 1. The number of pyridine rings is 1. The summed E-state index contributed by atoms with van der Waals surface area (Å²) in [5, 5.41) is 6.88. The smallest absolute Gasteiger partial charge is 0.250 e. The van der Waals surface area contributed by atoms with Crippen LogP contribution in [0.1, 0.15) is 23.5 Å².